The number of carbonyl (C=O) groups is 1. The van der Waals surface area contributed by atoms with Gasteiger partial charge in [-0.05, 0) is 31.2 Å². The van der Waals surface area contributed by atoms with Gasteiger partial charge in [0, 0.05) is 5.69 Å². The van der Waals surface area contributed by atoms with E-state index in [1.54, 1.807) is 4.67 Å². The Balaban J connectivity index is 0. The molecule has 0 aliphatic carbocycles. The minimum Gasteiger partial charge on any atom is -0.468 e. The monoisotopic (exact) mass is 300 g/mol. The SMILES string of the molecule is CC.CC.COC(=O)[C@H](Cc1ccc(N)cc1)N(C)P. The number of hydrogen-bond donors (Lipinski definition) is 1. The summed E-state index contributed by atoms with van der Waals surface area (Å²) in [7, 11) is 5.70. The molecule has 5 heteroatoms. The molecular formula is C15H29N2O2P. The summed E-state index contributed by atoms with van der Waals surface area (Å²) in [5, 5.41) is 0. The topological polar surface area (TPSA) is 55.6 Å². The first-order valence-electron chi connectivity index (χ1n) is 6.94. The number of nitrogens with two attached hydrogens (primary N) is 1. The summed E-state index contributed by atoms with van der Waals surface area (Å²) >= 11 is 0. The van der Waals surface area contributed by atoms with Crippen LogP contribution in [0, 0.1) is 0 Å². The molecule has 20 heavy (non-hydrogen) atoms. The summed E-state index contributed by atoms with van der Waals surface area (Å²) in [6.07, 6.45) is 0.604. The lowest BCUT2D eigenvalue weighted by atomic mass is 10.1. The van der Waals surface area contributed by atoms with Crippen molar-refractivity contribution in [3.63, 3.8) is 0 Å². The van der Waals surface area contributed by atoms with Gasteiger partial charge in [-0.3, -0.25) is 9.46 Å². The zero-order chi connectivity index (χ0) is 16.1. The minimum absolute atomic E-state index is 0.241. The van der Waals surface area contributed by atoms with Crippen LogP contribution in [0.3, 0.4) is 0 Å². The summed E-state index contributed by atoms with van der Waals surface area (Å²) in [6, 6.07) is 7.19. The number of carbonyl (C=O) groups excluding carboxylic acids is 1. The summed E-state index contributed by atoms with van der Waals surface area (Å²) in [6.45, 7) is 8.00. The van der Waals surface area contributed by atoms with Crippen LogP contribution >= 0.6 is 9.39 Å². The molecule has 0 radical (unpaired) electrons. The third-order valence-corrected chi connectivity index (χ3v) is 2.73. The maximum Gasteiger partial charge on any atom is 0.323 e. The Kier molecular flexibility index (Phi) is 13.7. The molecule has 0 bridgehead atoms. The number of nitrogens with zero attached hydrogens (tertiary/aromatic N) is 1. The molecule has 0 amide bonds. The average molecular weight is 300 g/mol. The van der Waals surface area contributed by atoms with Gasteiger partial charge in [-0.1, -0.05) is 49.2 Å². The van der Waals surface area contributed by atoms with Gasteiger partial charge in [-0.15, -0.1) is 0 Å². The Hall–Kier alpha value is -1.12. The van der Waals surface area contributed by atoms with Crippen LogP contribution in [0.15, 0.2) is 24.3 Å². The van der Waals surface area contributed by atoms with E-state index in [-0.39, 0.29) is 12.0 Å². The number of ether oxygens (including phenoxy) is 1. The second kappa shape index (κ2) is 12.9. The lowest BCUT2D eigenvalue weighted by Gasteiger charge is -2.21. The van der Waals surface area contributed by atoms with E-state index in [2.05, 4.69) is 9.39 Å². The van der Waals surface area contributed by atoms with Crippen molar-refractivity contribution in [1.82, 2.24) is 4.67 Å². The van der Waals surface area contributed by atoms with Gasteiger partial charge in [0.1, 0.15) is 6.04 Å². The van der Waals surface area contributed by atoms with Crippen LogP contribution in [0.5, 0.6) is 0 Å². The number of hydrogen-bond acceptors (Lipinski definition) is 4. The molecule has 0 saturated carbocycles. The van der Waals surface area contributed by atoms with Crippen molar-refractivity contribution in [3.05, 3.63) is 29.8 Å². The summed E-state index contributed by atoms with van der Waals surface area (Å²) < 4.78 is 6.52. The molecule has 1 unspecified atom stereocenters. The summed E-state index contributed by atoms with van der Waals surface area (Å²) in [4.78, 5) is 11.5. The van der Waals surface area contributed by atoms with Crippen molar-refractivity contribution in [2.75, 3.05) is 19.9 Å². The number of nitrogen functional groups attached to an aromatic ring is 1. The van der Waals surface area contributed by atoms with Crippen LogP contribution in [-0.4, -0.2) is 30.8 Å². The fourth-order valence-electron chi connectivity index (χ4n) is 1.41. The molecule has 0 spiro atoms. The second-order valence-corrected chi connectivity index (χ2v) is 4.46. The van der Waals surface area contributed by atoms with Gasteiger partial charge >= 0.3 is 5.97 Å². The Bertz CT molecular complexity index is 353. The third-order valence-electron chi connectivity index (χ3n) is 2.37. The number of anilines is 1. The number of rotatable bonds is 4. The maximum atomic E-state index is 11.5. The predicted molar refractivity (Wildman–Crippen MR) is 90.5 cm³/mol. The fraction of sp³-hybridized carbons (Fsp3) is 0.533. The predicted octanol–water partition coefficient (Wildman–Crippen LogP) is 3.13. The molecule has 4 nitrogen and oxygen atoms in total. The van der Waals surface area contributed by atoms with Crippen LogP contribution in [0.1, 0.15) is 33.3 Å². The van der Waals surface area contributed by atoms with Crippen LogP contribution in [0.4, 0.5) is 5.69 Å². The smallest absolute Gasteiger partial charge is 0.323 e. The largest absolute Gasteiger partial charge is 0.468 e. The highest BCUT2D eigenvalue weighted by Crippen LogP contribution is 2.13. The van der Waals surface area contributed by atoms with Gasteiger partial charge in [-0.2, -0.15) is 0 Å². The Morgan fingerprint density at radius 1 is 1.25 bits per heavy atom. The Morgan fingerprint density at radius 3 is 2.05 bits per heavy atom. The molecule has 1 rings (SSSR count). The number of likely N-dealkylation sites (N-methyl/N-ethyl adjacent to an activating group) is 1. The first-order chi connectivity index (χ1) is 9.54. The lowest BCUT2D eigenvalue weighted by Crippen LogP contribution is -2.35. The highest BCUT2D eigenvalue weighted by atomic mass is 31.0. The maximum absolute atomic E-state index is 11.5. The molecule has 1 aromatic rings. The van der Waals surface area contributed by atoms with E-state index >= 15 is 0 Å². The van der Waals surface area contributed by atoms with E-state index in [9.17, 15) is 4.79 Å². The summed E-state index contributed by atoms with van der Waals surface area (Å²) in [5.41, 5.74) is 7.37. The first kappa shape index (κ1) is 21.2. The van der Waals surface area contributed by atoms with Crippen molar-refractivity contribution in [2.45, 2.75) is 40.2 Å². The van der Waals surface area contributed by atoms with Crippen LogP contribution in [0.2, 0.25) is 0 Å². The highest BCUT2D eigenvalue weighted by Gasteiger charge is 2.21. The molecule has 2 atom stereocenters. The minimum atomic E-state index is -0.293. The number of esters is 1. The lowest BCUT2D eigenvalue weighted by molar-refractivity contribution is -0.144. The van der Waals surface area contributed by atoms with Crippen LogP contribution < -0.4 is 5.73 Å². The molecule has 0 saturated heterocycles. The fourth-order valence-corrected chi connectivity index (χ4v) is 1.63. The molecule has 0 aromatic heterocycles. The van der Waals surface area contributed by atoms with Gasteiger partial charge in [0.25, 0.3) is 0 Å². The third kappa shape index (κ3) is 8.13. The van der Waals surface area contributed by atoms with Crippen LogP contribution in [0.25, 0.3) is 0 Å². The van der Waals surface area contributed by atoms with E-state index < -0.39 is 0 Å². The van der Waals surface area contributed by atoms with E-state index in [1.807, 2.05) is 59.0 Å². The normalized spacial score (nSPS) is 10.6. The van der Waals surface area contributed by atoms with Crippen molar-refractivity contribution in [3.8, 4) is 0 Å². The molecular weight excluding hydrogens is 271 g/mol. The first-order valence-corrected chi connectivity index (χ1v) is 7.46. The standard InChI is InChI=1S/C11H17N2O2P.2C2H6/c1-13(16)10(11(14)15-2)7-8-3-5-9(12)6-4-8;2*1-2/h3-6,10H,7,12,16H2,1-2H3;2*1-2H3/t10-;;/m0../s1. The van der Waals surface area contributed by atoms with Crippen LogP contribution in [-0.2, 0) is 16.0 Å². The van der Waals surface area contributed by atoms with Gasteiger partial charge < -0.3 is 10.5 Å². The van der Waals surface area contributed by atoms with Crippen molar-refractivity contribution >= 4 is 21.0 Å². The van der Waals surface area contributed by atoms with E-state index in [0.717, 1.165) is 11.3 Å². The molecule has 2 N–H and O–H groups in total. The number of methoxy groups -OCH3 is 1. The summed E-state index contributed by atoms with van der Waals surface area (Å²) in [5.74, 6) is -0.241. The Morgan fingerprint density at radius 2 is 1.70 bits per heavy atom. The molecule has 0 aliphatic heterocycles. The van der Waals surface area contributed by atoms with E-state index in [1.165, 1.54) is 7.11 Å². The molecule has 1 aromatic carbocycles. The van der Waals surface area contributed by atoms with E-state index in [0.29, 0.717) is 6.42 Å². The van der Waals surface area contributed by atoms with E-state index in [4.69, 9.17) is 10.5 Å². The van der Waals surface area contributed by atoms with Crippen molar-refractivity contribution in [1.29, 1.82) is 0 Å². The molecule has 0 aliphatic rings. The van der Waals surface area contributed by atoms with Gasteiger partial charge in [0.05, 0.1) is 7.11 Å². The highest BCUT2D eigenvalue weighted by molar-refractivity contribution is 7.13. The van der Waals surface area contributed by atoms with Gasteiger partial charge in [-0.25, -0.2) is 0 Å². The van der Waals surface area contributed by atoms with Gasteiger partial charge in [0.2, 0.25) is 0 Å². The second-order valence-electron chi connectivity index (χ2n) is 3.65. The van der Waals surface area contributed by atoms with Gasteiger partial charge in [0.15, 0.2) is 0 Å². The van der Waals surface area contributed by atoms with Crippen molar-refractivity contribution in [2.24, 2.45) is 0 Å². The molecule has 0 fully saturated rings. The Labute approximate surface area is 125 Å². The molecule has 0 heterocycles. The quantitative estimate of drug-likeness (QED) is 0.527. The average Bonchev–Trinajstić information content (AvgIpc) is 2.49. The number of benzene rings is 1. The zero-order valence-corrected chi connectivity index (χ0v) is 14.7. The van der Waals surface area contributed by atoms with Crippen molar-refractivity contribution < 1.29 is 9.53 Å². The molecule has 116 valence electrons. The zero-order valence-electron chi connectivity index (χ0n) is 13.5.